The van der Waals surface area contributed by atoms with Crippen molar-refractivity contribution in [3.8, 4) is 0 Å². The van der Waals surface area contributed by atoms with Crippen LogP contribution >= 0.6 is 0 Å². The zero-order valence-electron chi connectivity index (χ0n) is 1.57. The van der Waals surface area contributed by atoms with Crippen LogP contribution in [0.1, 0.15) is 0 Å². The minimum absolute atomic E-state index is 0. The van der Waals surface area contributed by atoms with Gasteiger partial charge in [-0.2, -0.15) is 0 Å². The van der Waals surface area contributed by atoms with Crippen molar-refractivity contribution in [3.63, 3.8) is 0 Å². The Labute approximate surface area is 32.5 Å². The molecule has 20 valence electrons. The third-order valence-electron chi connectivity index (χ3n) is 0. The number of halogens is 2. The number of hydrogen-bond acceptors (Lipinski definition) is 1. The Bertz CT molecular complexity index is 6.00. The van der Waals surface area contributed by atoms with E-state index in [9.17, 15) is 0 Å². The van der Waals surface area contributed by atoms with Crippen molar-refractivity contribution in [2.75, 3.05) is 0 Å². The average molecular weight is 106 g/mol. The molecule has 0 aliphatic heterocycles. The summed E-state index contributed by atoms with van der Waals surface area (Å²) < 4.78 is 18.2. The summed E-state index contributed by atoms with van der Waals surface area (Å²) in [5, 5.41) is 1.25. The molecule has 0 aliphatic carbocycles. The van der Waals surface area contributed by atoms with Gasteiger partial charge in [0.2, 0.25) is 0 Å². The first-order chi connectivity index (χ1) is 1.41. The number of hydrogen-bond donors (Lipinski definition) is 0. The molecular formula is CrF2O+6. The summed E-state index contributed by atoms with van der Waals surface area (Å²) in [4.78, 5) is 0. The molecule has 0 heterocycles. The van der Waals surface area contributed by atoms with E-state index < -0.39 is 0 Å². The van der Waals surface area contributed by atoms with Gasteiger partial charge in [0.05, 0.1) is 0 Å². The Morgan fingerprint density at radius 3 is 1.25 bits per heavy atom. The van der Waals surface area contributed by atoms with Crippen LogP contribution in [-0.4, -0.2) is 0 Å². The summed E-state index contributed by atoms with van der Waals surface area (Å²) in [5.41, 5.74) is 0. The Morgan fingerprint density at radius 1 is 1.25 bits per heavy atom. The standard InChI is InChI=1S/Cr.F2O/c;1-3-2/q+6;. The van der Waals surface area contributed by atoms with E-state index in [2.05, 4.69) is 0 Å². The second kappa shape index (κ2) is 10.1. The molecule has 0 rings (SSSR count). The van der Waals surface area contributed by atoms with E-state index in [1.807, 2.05) is 0 Å². The molecular weight excluding hydrogens is 106 g/mol. The Balaban J connectivity index is 0. The van der Waals surface area contributed by atoms with Crippen LogP contribution in [0.5, 0.6) is 0 Å². The summed E-state index contributed by atoms with van der Waals surface area (Å²) in [6.07, 6.45) is 0. The largest absolute Gasteiger partial charge is 6.00 e. The van der Waals surface area contributed by atoms with E-state index in [1.54, 1.807) is 0 Å². The minimum atomic E-state index is 0. The third-order valence-corrected chi connectivity index (χ3v) is 0. The second-order valence-electron chi connectivity index (χ2n) is 0.0583. The second-order valence-corrected chi connectivity index (χ2v) is 0.0583. The van der Waals surface area contributed by atoms with Gasteiger partial charge in [0.1, 0.15) is 0 Å². The molecule has 0 N–H and O–H groups in total. The normalized spacial score (nSPS) is 4.50. The van der Waals surface area contributed by atoms with Crippen molar-refractivity contribution in [2.24, 2.45) is 0 Å². The molecule has 0 radical (unpaired) electrons. The fourth-order valence-corrected chi connectivity index (χ4v) is 0. The van der Waals surface area contributed by atoms with Crippen LogP contribution in [0.4, 0.5) is 9.05 Å². The fraction of sp³-hybridized carbons (Fsp3) is 0. The van der Waals surface area contributed by atoms with Gasteiger partial charge < -0.3 is 0 Å². The molecule has 0 amide bonds. The first-order valence-corrected chi connectivity index (χ1v) is 0.309. The van der Waals surface area contributed by atoms with Gasteiger partial charge in [-0.1, -0.05) is 0 Å². The summed E-state index contributed by atoms with van der Waals surface area (Å²) in [5.74, 6) is 0. The SMILES string of the molecule is FOF.[Cr+6]. The van der Waals surface area contributed by atoms with Crippen LogP contribution in [0.15, 0.2) is 0 Å². The predicted molar refractivity (Wildman–Crippen MR) is 3.30 cm³/mol. The molecule has 0 atom stereocenters. The summed E-state index contributed by atoms with van der Waals surface area (Å²) in [6.45, 7) is 0. The van der Waals surface area contributed by atoms with Gasteiger partial charge in [0, 0.05) is 5.15 Å². The van der Waals surface area contributed by atoms with E-state index in [0.29, 0.717) is 0 Å². The molecule has 0 unspecified atom stereocenters. The van der Waals surface area contributed by atoms with Crippen LogP contribution in [0.25, 0.3) is 0 Å². The molecule has 0 spiro atoms. The van der Waals surface area contributed by atoms with Crippen LogP contribution in [0.3, 0.4) is 0 Å². The fourth-order valence-electron chi connectivity index (χ4n) is 0. The summed E-state index contributed by atoms with van der Waals surface area (Å²) in [7, 11) is 0. The van der Waals surface area contributed by atoms with Gasteiger partial charge in [0.25, 0.3) is 0 Å². The first-order valence-electron chi connectivity index (χ1n) is 0.309. The van der Waals surface area contributed by atoms with E-state index >= 15 is 0 Å². The van der Waals surface area contributed by atoms with E-state index in [1.165, 1.54) is 5.15 Å². The van der Waals surface area contributed by atoms with Gasteiger partial charge in [-0.15, -0.1) is 0 Å². The smallest absolute Gasteiger partial charge is 0.0104 e. The van der Waals surface area contributed by atoms with Crippen molar-refractivity contribution in [1.29, 1.82) is 0 Å². The van der Waals surface area contributed by atoms with Gasteiger partial charge in [-0.05, 0) is 9.05 Å². The van der Waals surface area contributed by atoms with Crippen molar-refractivity contribution >= 4 is 0 Å². The topological polar surface area (TPSA) is 9.23 Å². The maximum atomic E-state index is 9.12. The van der Waals surface area contributed by atoms with Crippen molar-refractivity contribution < 1.29 is 31.6 Å². The molecule has 0 aromatic rings. The zero-order valence-corrected chi connectivity index (χ0v) is 2.85. The maximum Gasteiger partial charge on any atom is 6.00 e. The van der Waals surface area contributed by atoms with Gasteiger partial charge in [-0.3, -0.25) is 0 Å². The van der Waals surface area contributed by atoms with E-state index in [4.69, 9.17) is 9.05 Å². The monoisotopic (exact) mass is 106 g/mol. The Morgan fingerprint density at radius 2 is 1.25 bits per heavy atom. The van der Waals surface area contributed by atoms with Gasteiger partial charge in [-0.25, -0.2) is 0 Å². The summed E-state index contributed by atoms with van der Waals surface area (Å²) >= 11 is 0. The molecule has 0 aromatic heterocycles. The predicted octanol–water partition coefficient (Wildman–Crippen LogP) is 0.770. The molecule has 0 bridgehead atoms. The Hall–Kier alpha value is 0.352. The Kier molecular flexibility index (Phi) is 22.4. The van der Waals surface area contributed by atoms with Crippen molar-refractivity contribution in [1.82, 2.24) is 0 Å². The molecule has 0 fully saturated rings. The number of rotatable bonds is 0. The van der Waals surface area contributed by atoms with Gasteiger partial charge in [0.15, 0.2) is 0 Å². The molecule has 4 heteroatoms. The first kappa shape index (κ1) is 8.84. The quantitative estimate of drug-likeness (QED) is 0.443. The molecule has 4 heavy (non-hydrogen) atoms. The maximum absolute atomic E-state index is 9.12. The molecule has 0 saturated heterocycles. The van der Waals surface area contributed by atoms with E-state index in [-0.39, 0.29) is 17.4 Å². The molecule has 0 saturated carbocycles. The van der Waals surface area contributed by atoms with Crippen LogP contribution in [0.2, 0.25) is 0 Å². The third kappa shape index (κ3) is 34.6. The van der Waals surface area contributed by atoms with Crippen LogP contribution < -0.4 is 0 Å². The van der Waals surface area contributed by atoms with Crippen LogP contribution in [-0.2, 0) is 22.5 Å². The van der Waals surface area contributed by atoms with Crippen molar-refractivity contribution in [3.05, 3.63) is 0 Å². The van der Waals surface area contributed by atoms with Gasteiger partial charge >= 0.3 is 17.4 Å². The molecule has 0 aromatic carbocycles. The molecule has 1 nitrogen and oxygen atoms in total. The summed E-state index contributed by atoms with van der Waals surface area (Å²) in [6, 6.07) is 0. The van der Waals surface area contributed by atoms with E-state index in [0.717, 1.165) is 0 Å². The molecule has 0 aliphatic rings. The average Bonchev–Trinajstić information content (AvgIpc) is 0.918. The zero-order chi connectivity index (χ0) is 2.71. The minimum Gasteiger partial charge on any atom is -0.0104 e. The van der Waals surface area contributed by atoms with Crippen LogP contribution in [0, 0.1) is 0 Å². The van der Waals surface area contributed by atoms with Crippen molar-refractivity contribution in [2.45, 2.75) is 0 Å².